The van der Waals surface area contributed by atoms with E-state index in [1.54, 1.807) is 7.11 Å². The molecule has 4 nitrogen and oxygen atoms in total. The van der Waals surface area contributed by atoms with Crippen LogP contribution in [0.15, 0.2) is 0 Å². The molecule has 0 bridgehead atoms. The van der Waals surface area contributed by atoms with E-state index in [-0.39, 0.29) is 6.61 Å². The molecule has 17 heavy (non-hydrogen) atoms. The lowest BCUT2D eigenvalue weighted by atomic mass is 9.95. The van der Waals surface area contributed by atoms with Gasteiger partial charge in [-0.3, -0.25) is 4.90 Å². The fourth-order valence-electron chi connectivity index (χ4n) is 2.58. The Kier molecular flexibility index (Phi) is 7.04. The van der Waals surface area contributed by atoms with Crippen LogP contribution in [0.3, 0.4) is 0 Å². The minimum Gasteiger partial charge on any atom is -0.396 e. The van der Waals surface area contributed by atoms with Gasteiger partial charge in [0.05, 0.1) is 6.10 Å². The van der Waals surface area contributed by atoms with Crippen LogP contribution in [0.1, 0.15) is 26.7 Å². The van der Waals surface area contributed by atoms with Crippen molar-refractivity contribution in [3.8, 4) is 0 Å². The third kappa shape index (κ3) is 4.92. The Bertz CT molecular complexity index is 196. The average molecular weight is 244 g/mol. The third-order valence-corrected chi connectivity index (χ3v) is 3.73. The molecule has 3 atom stereocenters. The van der Waals surface area contributed by atoms with Crippen LogP contribution in [-0.4, -0.2) is 62.0 Å². The van der Waals surface area contributed by atoms with Crippen LogP contribution in [-0.2, 0) is 4.74 Å². The second kappa shape index (κ2) is 8.03. The number of rotatable bonds is 7. The Balaban J connectivity index is 2.38. The molecule has 0 aromatic rings. The summed E-state index contributed by atoms with van der Waals surface area (Å²) >= 11 is 0. The summed E-state index contributed by atoms with van der Waals surface area (Å²) in [6.07, 6.45) is 2.40. The van der Waals surface area contributed by atoms with Crippen LogP contribution in [0, 0.1) is 5.92 Å². The van der Waals surface area contributed by atoms with Gasteiger partial charge in [0.25, 0.3) is 0 Å². The molecule has 4 heteroatoms. The molecule has 0 radical (unpaired) electrons. The van der Waals surface area contributed by atoms with Gasteiger partial charge >= 0.3 is 0 Å². The van der Waals surface area contributed by atoms with Gasteiger partial charge in [0.15, 0.2) is 0 Å². The fourth-order valence-corrected chi connectivity index (χ4v) is 2.58. The number of likely N-dealkylation sites (N-methyl/N-ethyl adjacent to an activating group) is 1. The van der Waals surface area contributed by atoms with Gasteiger partial charge in [0, 0.05) is 32.8 Å². The molecule has 1 rings (SSSR count). The van der Waals surface area contributed by atoms with Crippen molar-refractivity contribution in [1.82, 2.24) is 10.2 Å². The molecule has 1 fully saturated rings. The first-order valence-corrected chi connectivity index (χ1v) is 6.80. The highest BCUT2D eigenvalue weighted by Gasteiger charge is 2.26. The highest BCUT2D eigenvalue weighted by molar-refractivity contribution is 4.81. The molecule has 0 saturated carbocycles. The molecule has 2 N–H and O–H groups in total. The second-order valence-corrected chi connectivity index (χ2v) is 5.07. The van der Waals surface area contributed by atoms with Gasteiger partial charge in [0.1, 0.15) is 0 Å². The maximum absolute atomic E-state index is 9.05. The number of nitrogens with zero attached hydrogens (tertiary/aromatic N) is 1. The standard InChI is InChI=1S/C13H28N2O2/c1-4-14-12(6-8-16)9-15-7-5-11(2)13(10-15)17-3/h11-14,16H,4-10H2,1-3H3. The summed E-state index contributed by atoms with van der Waals surface area (Å²) < 4.78 is 5.52. The summed E-state index contributed by atoms with van der Waals surface area (Å²) in [5, 5.41) is 12.5. The summed E-state index contributed by atoms with van der Waals surface area (Å²) in [6.45, 7) is 8.78. The first kappa shape index (κ1) is 14.9. The maximum atomic E-state index is 9.05. The number of ether oxygens (including phenoxy) is 1. The van der Waals surface area contributed by atoms with Crippen LogP contribution >= 0.6 is 0 Å². The molecule has 1 aliphatic rings. The topological polar surface area (TPSA) is 44.7 Å². The zero-order valence-electron chi connectivity index (χ0n) is 11.5. The van der Waals surface area contributed by atoms with Crippen molar-refractivity contribution >= 4 is 0 Å². The van der Waals surface area contributed by atoms with Crippen LogP contribution < -0.4 is 5.32 Å². The van der Waals surface area contributed by atoms with Crippen molar-refractivity contribution in [2.75, 3.05) is 39.9 Å². The van der Waals surface area contributed by atoms with Crippen molar-refractivity contribution in [3.05, 3.63) is 0 Å². The van der Waals surface area contributed by atoms with Gasteiger partial charge in [-0.15, -0.1) is 0 Å². The summed E-state index contributed by atoms with van der Waals surface area (Å²) in [4.78, 5) is 2.46. The number of nitrogens with one attached hydrogen (secondary N) is 1. The summed E-state index contributed by atoms with van der Waals surface area (Å²) in [7, 11) is 1.81. The smallest absolute Gasteiger partial charge is 0.0724 e. The zero-order chi connectivity index (χ0) is 12.7. The van der Waals surface area contributed by atoms with E-state index in [4.69, 9.17) is 9.84 Å². The van der Waals surface area contributed by atoms with Gasteiger partial charge in [-0.25, -0.2) is 0 Å². The maximum Gasteiger partial charge on any atom is 0.0724 e. The van der Waals surface area contributed by atoms with Crippen LogP contribution in [0.5, 0.6) is 0 Å². The fraction of sp³-hybridized carbons (Fsp3) is 1.00. The number of likely N-dealkylation sites (tertiary alicyclic amines) is 1. The monoisotopic (exact) mass is 244 g/mol. The lowest BCUT2D eigenvalue weighted by molar-refractivity contribution is -0.00800. The number of hydrogen-bond donors (Lipinski definition) is 2. The number of methoxy groups -OCH3 is 1. The molecule has 102 valence electrons. The molecule has 0 aliphatic carbocycles. The minimum atomic E-state index is 0.260. The van der Waals surface area contributed by atoms with Crippen molar-refractivity contribution < 1.29 is 9.84 Å². The molecule has 0 amide bonds. The quantitative estimate of drug-likeness (QED) is 0.692. The van der Waals surface area contributed by atoms with E-state index >= 15 is 0 Å². The summed E-state index contributed by atoms with van der Waals surface area (Å²) in [5.74, 6) is 0.659. The van der Waals surface area contributed by atoms with Crippen molar-refractivity contribution in [2.24, 2.45) is 5.92 Å². The Labute approximate surface area is 105 Å². The molecule has 1 saturated heterocycles. The predicted octanol–water partition coefficient (Wildman–Crippen LogP) is 0.704. The lowest BCUT2D eigenvalue weighted by Crippen LogP contribution is -2.49. The molecule has 0 spiro atoms. The average Bonchev–Trinajstić information content (AvgIpc) is 2.32. The highest BCUT2D eigenvalue weighted by Crippen LogP contribution is 2.19. The van der Waals surface area contributed by atoms with Gasteiger partial charge in [-0.2, -0.15) is 0 Å². The van der Waals surface area contributed by atoms with E-state index < -0.39 is 0 Å². The van der Waals surface area contributed by atoms with E-state index in [0.29, 0.717) is 18.1 Å². The Morgan fingerprint density at radius 1 is 1.53 bits per heavy atom. The number of piperidine rings is 1. The third-order valence-electron chi connectivity index (χ3n) is 3.73. The van der Waals surface area contributed by atoms with Gasteiger partial charge < -0.3 is 15.2 Å². The Morgan fingerprint density at radius 2 is 2.29 bits per heavy atom. The normalized spacial score (nSPS) is 28.2. The van der Waals surface area contributed by atoms with E-state index in [2.05, 4.69) is 24.1 Å². The number of hydrogen-bond acceptors (Lipinski definition) is 4. The molecular weight excluding hydrogens is 216 g/mol. The van der Waals surface area contributed by atoms with Crippen LogP contribution in [0.4, 0.5) is 0 Å². The Hall–Kier alpha value is -0.160. The van der Waals surface area contributed by atoms with Crippen molar-refractivity contribution in [3.63, 3.8) is 0 Å². The van der Waals surface area contributed by atoms with E-state index in [9.17, 15) is 0 Å². The second-order valence-electron chi connectivity index (χ2n) is 5.07. The molecule has 0 aromatic heterocycles. The largest absolute Gasteiger partial charge is 0.396 e. The van der Waals surface area contributed by atoms with Gasteiger partial charge in [0.2, 0.25) is 0 Å². The molecule has 0 aromatic carbocycles. The van der Waals surface area contributed by atoms with E-state index in [1.807, 2.05) is 0 Å². The zero-order valence-corrected chi connectivity index (χ0v) is 11.5. The highest BCUT2D eigenvalue weighted by atomic mass is 16.5. The molecule has 1 heterocycles. The van der Waals surface area contributed by atoms with Crippen LogP contribution in [0.2, 0.25) is 0 Å². The van der Waals surface area contributed by atoms with Crippen molar-refractivity contribution in [1.29, 1.82) is 0 Å². The first-order valence-electron chi connectivity index (χ1n) is 6.80. The van der Waals surface area contributed by atoms with E-state index in [0.717, 1.165) is 32.6 Å². The minimum absolute atomic E-state index is 0.260. The number of aliphatic hydroxyl groups excluding tert-OH is 1. The summed E-state index contributed by atoms with van der Waals surface area (Å²) in [5.41, 5.74) is 0. The van der Waals surface area contributed by atoms with Crippen LogP contribution in [0.25, 0.3) is 0 Å². The van der Waals surface area contributed by atoms with E-state index in [1.165, 1.54) is 6.42 Å². The lowest BCUT2D eigenvalue weighted by Gasteiger charge is -2.38. The predicted molar refractivity (Wildman–Crippen MR) is 70.2 cm³/mol. The van der Waals surface area contributed by atoms with Gasteiger partial charge in [-0.05, 0) is 31.8 Å². The molecule has 3 unspecified atom stereocenters. The SMILES string of the molecule is CCNC(CCO)CN1CCC(C)C(OC)C1. The first-order chi connectivity index (χ1) is 8.21. The molecular formula is C13H28N2O2. The summed E-state index contributed by atoms with van der Waals surface area (Å²) in [6, 6.07) is 0.399. The number of aliphatic hydroxyl groups is 1. The molecule has 1 aliphatic heterocycles. The van der Waals surface area contributed by atoms with Crippen molar-refractivity contribution in [2.45, 2.75) is 38.8 Å². The van der Waals surface area contributed by atoms with Gasteiger partial charge in [-0.1, -0.05) is 13.8 Å². The Morgan fingerprint density at radius 3 is 2.88 bits per heavy atom.